The van der Waals surface area contributed by atoms with E-state index in [1.165, 1.54) is 12.3 Å². The highest BCUT2D eigenvalue weighted by Crippen LogP contribution is 2.32. The SMILES string of the molecule is Nc1cc(C(F)(F)F)ccc1NC(=O)c1ccc(=O)[nH]c1. The van der Waals surface area contributed by atoms with Crippen LogP contribution < -0.4 is 16.6 Å². The maximum Gasteiger partial charge on any atom is 0.416 e. The number of H-pyrrole nitrogens is 1. The standard InChI is InChI=1S/C13H10F3N3O2/c14-13(15,16)8-2-3-10(9(17)5-8)19-12(21)7-1-4-11(20)18-6-7/h1-6H,17H2,(H,18,20)(H,19,21). The van der Waals surface area contributed by atoms with E-state index in [1.807, 2.05) is 0 Å². The third kappa shape index (κ3) is 3.41. The number of nitrogens with two attached hydrogens (primary N) is 1. The number of rotatable bonds is 2. The van der Waals surface area contributed by atoms with Gasteiger partial charge in [0.2, 0.25) is 5.56 Å². The van der Waals surface area contributed by atoms with Crippen LogP contribution in [0.3, 0.4) is 0 Å². The lowest BCUT2D eigenvalue weighted by molar-refractivity contribution is -0.137. The number of nitrogens with one attached hydrogen (secondary N) is 2. The number of hydrogen-bond acceptors (Lipinski definition) is 3. The molecule has 0 atom stereocenters. The summed E-state index contributed by atoms with van der Waals surface area (Å²) in [4.78, 5) is 25.0. The molecule has 0 radical (unpaired) electrons. The van der Waals surface area contributed by atoms with E-state index in [4.69, 9.17) is 5.73 Å². The fraction of sp³-hybridized carbons (Fsp3) is 0.0769. The van der Waals surface area contributed by atoms with E-state index in [1.54, 1.807) is 0 Å². The summed E-state index contributed by atoms with van der Waals surface area (Å²) in [7, 11) is 0. The van der Waals surface area contributed by atoms with Crippen LogP contribution >= 0.6 is 0 Å². The van der Waals surface area contributed by atoms with Crippen LogP contribution in [0.1, 0.15) is 15.9 Å². The Morgan fingerprint density at radius 1 is 1.19 bits per heavy atom. The summed E-state index contributed by atoms with van der Waals surface area (Å²) in [6.45, 7) is 0. The first-order valence-corrected chi connectivity index (χ1v) is 5.74. The van der Waals surface area contributed by atoms with Gasteiger partial charge in [-0.15, -0.1) is 0 Å². The van der Waals surface area contributed by atoms with E-state index in [2.05, 4.69) is 10.3 Å². The summed E-state index contributed by atoms with van der Waals surface area (Å²) in [6.07, 6.45) is -3.31. The van der Waals surface area contributed by atoms with Crippen molar-refractivity contribution in [2.24, 2.45) is 0 Å². The second-order valence-corrected chi connectivity index (χ2v) is 4.20. The molecule has 21 heavy (non-hydrogen) atoms. The highest BCUT2D eigenvalue weighted by Gasteiger charge is 2.30. The number of pyridine rings is 1. The van der Waals surface area contributed by atoms with Gasteiger partial charge in [0.25, 0.3) is 5.91 Å². The smallest absolute Gasteiger partial charge is 0.397 e. The summed E-state index contributed by atoms with van der Waals surface area (Å²) >= 11 is 0. The topological polar surface area (TPSA) is 88.0 Å². The van der Waals surface area contributed by atoms with Gasteiger partial charge in [0, 0.05) is 12.3 Å². The van der Waals surface area contributed by atoms with Crippen molar-refractivity contribution in [2.75, 3.05) is 11.1 Å². The summed E-state index contributed by atoms with van der Waals surface area (Å²) in [5.41, 5.74) is 4.22. The fourth-order valence-corrected chi connectivity index (χ4v) is 1.60. The van der Waals surface area contributed by atoms with Gasteiger partial charge in [0.1, 0.15) is 0 Å². The van der Waals surface area contributed by atoms with Crippen molar-refractivity contribution in [3.05, 3.63) is 58.0 Å². The van der Waals surface area contributed by atoms with Crippen LogP contribution in [0.5, 0.6) is 0 Å². The second kappa shape index (κ2) is 5.31. The van der Waals surface area contributed by atoms with E-state index in [9.17, 15) is 22.8 Å². The first kappa shape index (κ1) is 14.6. The van der Waals surface area contributed by atoms with Gasteiger partial charge in [-0.1, -0.05) is 0 Å². The van der Waals surface area contributed by atoms with Gasteiger partial charge in [-0.05, 0) is 24.3 Å². The summed E-state index contributed by atoms with van der Waals surface area (Å²) in [5, 5.41) is 2.37. The molecule has 1 heterocycles. The molecule has 0 aliphatic rings. The van der Waals surface area contributed by atoms with Crippen LogP contribution in [-0.2, 0) is 6.18 Å². The summed E-state index contributed by atoms with van der Waals surface area (Å²) in [6, 6.07) is 5.07. The van der Waals surface area contributed by atoms with Crippen LogP contribution in [-0.4, -0.2) is 10.9 Å². The molecule has 0 saturated carbocycles. The van der Waals surface area contributed by atoms with Crippen molar-refractivity contribution in [2.45, 2.75) is 6.18 Å². The molecule has 0 fully saturated rings. The van der Waals surface area contributed by atoms with E-state index < -0.39 is 17.6 Å². The summed E-state index contributed by atoms with van der Waals surface area (Å²) < 4.78 is 37.5. The maximum absolute atomic E-state index is 12.5. The molecule has 0 aliphatic carbocycles. The average Bonchev–Trinajstić information content (AvgIpc) is 2.40. The minimum absolute atomic E-state index is 0.0548. The minimum Gasteiger partial charge on any atom is -0.397 e. The third-order valence-corrected chi connectivity index (χ3v) is 2.67. The Balaban J connectivity index is 2.22. The van der Waals surface area contributed by atoms with Crippen LogP contribution in [0.25, 0.3) is 0 Å². The molecule has 0 saturated heterocycles. The number of halogens is 3. The van der Waals surface area contributed by atoms with Crippen molar-refractivity contribution in [1.29, 1.82) is 0 Å². The molecule has 5 nitrogen and oxygen atoms in total. The Hall–Kier alpha value is -2.77. The van der Waals surface area contributed by atoms with E-state index in [0.717, 1.165) is 24.3 Å². The zero-order valence-electron chi connectivity index (χ0n) is 10.5. The molecular weight excluding hydrogens is 287 g/mol. The molecule has 8 heteroatoms. The van der Waals surface area contributed by atoms with Crippen molar-refractivity contribution >= 4 is 17.3 Å². The normalized spacial score (nSPS) is 11.2. The molecule has 2 aromatic rings. The van der Waals surface area contributed by atoms with Crippen molar-refractivity contribution in [3.8, 4) is 0 Å². The van der Waals surface area contributed by atoms with E-state index >= 15 is 0 Å². The highest BCUT2D eigenvalue weighted by molar-refractivity contribution is 6.05. The molecule has 0 aliphatic heterocycles. The number of benzene rings is 1. The molecule has 2 rings (SSSR count). The molecule has 1 aromatic heterocycles. The Morgan fingerprint density at radius 2 is 1.90 bits per heavy atom. The largest absolute Gasteiger partial charge is 0.416 e. The van der Waals surface area contributed by atoms with Crippen LogP contribution in [0.2, 0.25) is 0 Å². The number of carbonyl (C=O) groups is 1. The lowest BCUT2D eigenvalue weighted by atomic mass is 10.1. The van der Waals surface area contributed by atoms with Crippen LogP contribution in [0.4, 0.5) is 24.5 Å². The number of hydrogen-bond donors (Lipinski definition) is 3. The zero-order chi connectivity index (χ0) is 15.6. The lowest BCUT2D eigenvalue weighted by Gasteiger charge is -2.11. The minimum atomic E-state index is -4.50. The lowest BCUT2D eigenvalue weighted by Crippen LogP contribution is -2.16. The third-order valence-electron chi connectivity index (χ3n) is 2.67. The molecule has 0 unspecified atom stereocenters. The predicted octanol–water partition coefficient (Wildman–Crippen LogP) is 2.23. The Kier molecular flexibility index (Phi) is 3.70. The number of nitrogen functional groups attached to an aromatic ring is 1. The average molecular weight is 297 g/mol. The van der Waals surface area contributed by atoms with Gasteiger partial charge in [0.15, 0.2) is 0 Å². The number of carbonyl (C=O) groups excluding carboxylic acids is 1. The van der Waals surface area contributed by atoms with E-state index in [0.29, 0.717) is 0 Å². The molecule has 0 bridgehead atoms. The van der Waals surface area contributed by atoms with E-state index in [-0.39, 0.29) is 22.5 Å². The van der Waals surface area contributed by atoms with Gasteiger partial charge in [0.05, 0.1) is 22.5 Å². The molecule has 4 N–H and O–H groups in total. The maximum atomic E-state index is 12.5. The highest BCUT2D eigenvalue weighted by atomic mass is 19.4. The predicted molar refractivity (Wildman–Crippen MR) is 70.9 cm³/mol. The van der Waals surface area contributed by atoms with Crippen molar-refractivity contribution in [1.82, 2.24) is 4.98 Å². The Bertz CT molecular complexity index is 718. The monoisotopic (exact) mass is 297 g/mol. The Labute approximate surface area is 116 Å². The number of amides is 1. The van der Waals surface area contributed by atoms with Gasteiger partial charge in [-0.3, -0.25) is 9.59 Å². The van der Waals surface area contributed by atoms with Gasteiger partial charge >= 0.3 is 6.18 Å². The summed E-state index contributed by atoms with van der Waals surface area (Å²) in [5.74, 6) is -0.599. The number of aromatic amines is 1. The first-order valence-electron chi connectivity index (χ1n) is 5.74. The second-order valence-electron chi connectivity index (χ2n) is 4.20. The van der Waals surface area contributed by atoms with Gasteiger partial charge in [-0.25, -0.2) is 0 Å². The number of alkyl halides is 3. The van der Waals surface area contributed by atoms with Gasteiger partial charge < -0.3 is 16.0 Å². The fourth-order valence-electron chi connectivity index (χ4n) is 1.60. The number of aromatic nitrogens is 1. The molecule has 0 spiro atoms. The molecule has 1 amide bonds. The molecular formula is C13H10F3N3O2. The van der Waals surface area contributed by atoms with Crippen molar-refractivity contribution in [3.63, 3.8) is 0 Å². The molecule has 110 valence electrons. The molecule has 1 aromatic carbocycles. The zero-order valence-corrected chi connectivity index (χ0v) is 10.5. The van der Waals surface area contributed by atoms with Crippen LogP contribution in [0, 0.1) is 0 Å². The first-order chi connectivity index (χ1) is 9.77. The Morgan fingerprint density at radius 3 is 2.43 bits per heavy atom. The van der Waals surface area contributed by atoms with Crippen molar-refractivity contribution < 1.29 is 18.0 Å². The van der Waals surface area contributed by atoms with Crippen LogP contribution in [0.15, 0.2) is 41.3 Å². The number of anilines is 2. The van der Waals surface area contributed by atoms with Gasteiger partial charge in [-0.2, -0.15) is 13.2 Å². The quantitative estimate of drug-likeness (QED) is 0.743.